The zero-order chi connectivity index (χ0) is 19.0. The Kier molecular flexibility index (Phi) is 5.42. The molecule has 0 saturated carbocycles. The fourth-order valence-corrected chi connectivity index (χ4v) is 2.51. The van der Waals surface area contributed by atoms with Crippen LogP contribution in [0.3, 0.4) is 0 Å². The second-order valence-corrected chi connectivity index (χ2v) is 7.13. The zero-order valence-corrected chi connectivity index (χ0v) is 15.4. The number of nitrogens with two attached hydrogens (primary N) is 1. The van der Waals surface area contributed by atoms with Crippen LogP contribution >= 0.6 is 12.6 Å². The Morgan fingerprint density at radius 2 is 1.80 bits per heavy atom. The average Bonchev–Trinajstić information content (AvgIpc) is 2.66. The number of hydrogen-bond donors (Lipinski definition) is 2. The van der Waals surface area contributed by atoms with Gasteiger partial charge in [-0.3, -0.25) is 0 Å². The highest BCUT2D eigenvalue weighted by atomic mass is 32.1. The van der Waals surface area contributed by atoms with Crippen molar-refractivity contribution >= 4 is 31.5 Å². The van der Waals surface area contributed by atoms with Gasteiger partial charge in [-0.05, 0) is 50.9 Å². The maximum absolute atomic E-state index is 12.3. The van der Waals surface area contributed by atoms with Crippen LogP contribution in [-0.4, -0.2) is 30.4 Å². The number of halogens is 3. The molecule has 0 unspecified atom stereocenters. The Morgan fingerprint density at radius 3 is 2.24 bits per heavy atom. The third kappa shape index (κ3) is 4.65. The minimum absolute atomic E-state index is 0.112. The number of benzene rings is 1. The first-order valence-electron chi connectivity index (χ1n) is 7.67. The fraction of sp³-hybridized carbons (Fsp3) is 0.500. The molecule has 25 heavy (non-hydrogen) atoms. The van der Waals surface area contributed by atoms with Crippen LogP contribution in [0, 0.1) is 0 Å². The summed E-state index contributed by atoms with van der Waals surface area (Å²) in [5.74, 6) is -0.0786. The first-order chi connectivity index (χ1) is 11.3. The smallest absolute Gasteiger partial charge is 0.404 e. The molecule has 0 aromatic heterocycles. The monoisotopic (exact) mass is 375 g/mol. The highest BCUT2D eigenvalue weighted by Gasteiger charge is 2.52. The predicted octanol–water partition coefficient (Wildman–Crippen LogP) is 4.11. The van der Waals surface area contributed by atoms with E-state index in [1.807, 2.05) is 27.7 Å². The number of rotatable bonds is 4. The van der Waals surface area contributed by atoms with E-state index in [4.69, 9.17) is 15.0 Å². The summed E-state index contributed by atoms with van der Waals surface area (Å²) in [5, 5.41) is 0. The van der Waals surface area contributed by atoms with Crippen molar-refractivity contribution in [1.82, 2.24) is 0 Å². The van der Waals surface area contributed by atoms with Crippen molar-refractivity contribution in [3.8, 4) is 5.75 Å². The number of alkyl halides is 3. The Balaban J connectivity index is 2.25. The molecule has 1 aliphatic heterocycles. The zero-order valence-electron chi connectivity index (χ0n) is 14.5. The molecule has 1 aromatic carbocycles. The summed E-state index contributed by atoms with van der Waals surface area (Å²) in [5.41, 5.74) is 5.89. The maximum Gasteiger partial charge on any atom is 0.573 e. The third-order valence-electron chi connectivity index (χ3n) is 4.35. The molecule has 0 amide bonds. The lowest BCUT2D eigenvalue weighted by atomic mass is 9.78. The summed E-state index contributed by atoms with van der Waals surface area (Å²) in [6.07, 6.45) is -3.05. The van der Waals surface area contributed by atoms with Gasteiger partial charge in [0.2, 0.25) is 0 Å². The lowest BCUT2D eigenvalue weighted by Crippen LogP contribution is -2.41. The summed E-state index contributed by atoms with van der Waals surface area (Å²) < 4.78 is 52.7. The van der Waals surface area contributed by atoms with Crippen molar-refractivity contribution in [3.05, 3.63) is 29.2 Å². The standard InChI is InChI=1S/C16H21BF3NO3S/c1-14(2)15(3,4)24-17(23-14)11(9-25)7-10-5-6-13(12(21)8-10)22-16(18,19)20/h5-8,25H,9,21H2,1-4H3. The quantitative estimate of drug-likeness (QED) is 0.473. The molecule has 1 aromatic rings. The molecule has 2 N–H and O–H groups in total. The largest absolute Gasteiger partial charge is 0.573 e. The molecule has 0 radical (unpaired) electrons. The molecular formula is C16H21BF3NO3S. The molecule has 0 spiro atoms. The number of thiol groups is 1. The summed E-state index contributed by atoms with van der Waals surface area (Å²) in [6.45, 7) is 7.74. The lowest BCUT2D eigenvalue weighted by Gasteiger charge is -2.32. The van der Waals surface area contributed by atoms with Crippen LogP contribution in [0.2, 0.25) is 0 Å². The Morgan fingerprint density at radius 1 is 1.24 bits per heavy atom. The van der Waals surface area contributed by atoms with Gasteiger partial charge < -0.3 is 19.8 Å². The topological polar surface area (TPSA) is 53.7 Å². The van der Waals surface area contributed by atoms with E-state index in [1.54, 1.807) is 6.08 Å². The lowest BCUT2D eigenvalue weighted by molar-refractivity contribution is -0.274. The summed E-state index contributed by atoms with van der Waals surface area (Å²) in [7, 11) is -0.588. The predicted molar refractivity (Wildman–Crippen MR) is 95.4 cm³/mol. The SMILES string of the molecule is CC1(C)OB(C(=Cc2ccc(OC(F)(F)F)c(N)c2)CS)OC1(C)C. The molecule has 9 heteroatoms. The fourth-order valence-electron chi connectivity index (χ4n) is 2.27. The minimum Gasteiger partial charge on any atom is -0.404 e. The van der Waals surface area contributed by atoms with Crippen LogP contribution < -0.4 is 10.5 Å². The number of hydrogen-bond acceptors (Lipinski definition) is 5. The first-order valence-corrected chi connectivity index (χ1v) is 8.30. The van der Waals surface area contributed by atoms with Gasteiger partial charge in [-0.25, -0.2) is 0 Å². The maximum atomic E-state index is 12.3. The molecule has 138 valence electrons. The third-order valence-corrected chi connectivity index (χ3v) is 4.72. The van der Waals surface area contributed by atoms with Crippen molar-refractivity contribution < 1.29 is 27.2 Å². The minimum atomic E-state index is -4.79. The van der Waals surface area contributed by atoms with E-state index in [2.05, 4.69) is 17.4 Å². The van der Waals surface area contributed by atoms with Crippen LogP contribution in [0.25, 0.3) is 6.08 Å². The van der Waals surface area contributed by atoms with Crippen molar-refractivity contribution in [1.29, 1.82) is 0 Å². The molecule has 1 aliphatic rings. The molecule has 0 bridgehead atoms. The molecule has 0 atom stereocenters. The van der Waals surface area contributed by atoms with Crippen molar-refractivity contribution in [2.24, 2.45) is 0 Å². The van der Waals surface area contributed by atoms with E-state index in [-0.39, 0.29) is 5.69 Å². The molecule has 2 rings (SSSR count). The number of nitrogen functional groups attached to an aromatic ring is 1. The second-order valence-electron chi connectivity index (χ2n) is 6.81. The van der Waals surface area contributed by atoms with E-state index < -0.39 is 30.4 Å². The summed E-state index contributed by atoms with van der Waals surface area (Å²) in [4.78, 5) is 0. The number of ether oxygens (including phenoxy) is 1. The van der Waals surface area contributed by atoms with Gasteiger partial charge in [-0.15, -0.1) is 13.2 Å². The van der Waals surface area contributed by atoms with Crippen LogP contribution in [0.15, 0.2) is 23.7 Å². The van der Waals surface area contributed by atoms with Gasteiger partial charge >= 0.3 is 13.5 Å². The van der Waals surface area contributed by atoms with Crippen molar-refractivity contribution in [2.45, 2.75) is 45.3 Å². The van der Waals surface area contributed by atoms with E-state index in [9.17, 15) is 13.2 Å². The van der Waals surface area contributed by atoms with Gasteiger partial charge in [0.1, 0.15) is 0 Å². The second kappa shape index (κ2) is 6.77. The number of anilines is 1. The Labute approximate surface area is 151 Å². The van der Waals surface area contributed by atoms with Crippen molar-refractivity contribution in [3.63, 3.8) is 0 Å². The van der Waals surface area contributed by atoms with E-state index in [1.165, 1.54) is 18.2 Å². The molecule has 0 aliphatic carbocycles. The van der Waals surface area contributed by atoms with Gasteiger partial charge in [-0.2, -0.15) is 12.6 Å². The molecule has 1 fully saturated rings. The Hall–Kier alpha value is -1.32. The van der Waals surface area contributed by atoms with Gasteiger partial charge in [0.15, 0.2) is 5.75 Å². The van der Waals surface area contributed by atoms with Crippen LogP contribution in [0.4, 0.5) is 18.9 Å². The highest BCUT2D eigenvalue weighted by Crippen LogP contribution is 2.39. The molecular weight excluding hydrogens is 354 g/mol. The van der Waals surface area contributed by atoms with E-state index in [0.717, 1.165) is 5.47 Å². The van der Waals surface area contributed by atoms with Gasteiger partial charge in [0.25, 0.3) is 0 Å². The van der Waals surface area contributed by atoms with Crippen molar-refractivity contribution in [2.75, 3.05) is 11.5 Å². The summed E-state index contributed by atoms with van der Waals surface area (Å²) >= 11 is 4.30. The van der Waals surface area contributed by atoms with Crippen LogP contribution in [-0.2, 0) is 9.31 Å². The highest BCUT2D eigenvalue weighted by molar-refractivity contribution is 7.80. The van der Waals surface area contributed by atoms with Gasteiger partial charge in [-0.1, -0.05) is 12.1 Å². The molecule has 4 nitrogen and oxygen atoms in total. The average molecular weight is 375 g/mol. The van der Waals surface area contributed by atoms with Crippen LogP contribution in [0.1, 0.15) is 33.3 Å². The normalized spacial score (nSPS) is 20.0. The summed E-state index contributed by atoms with van der Waals surface area (Å²) in [6, 6.07) is 4.05. The molecule has 1 saturated heterocycles. The van der Waals surface area contributed by atoms with Gasteiger partial charge in [0.05, 0.1) is 16.9 Å². The van der Waals surface area contributed by atoms with E-state index in [0.29, 0.717) is 11.3 Å². The van der Waals surface area contributed by atoms with Gasteiger partial charge in [0, 0.05) is 5.75 Å². The molecule has 1 heterocycles. The van der Waals surface area contributed by atoms with Crippen LogP contribution in [0.5, 0.6) is 5.75 Å². The Bertz CT molecular complexity index is 661. The van der Waals surface area contributed by atoms with E-state index >= 15 is 0 Å². The first kappa shape index (κ1) is 20.0.